The van der Waals surface area contributed by atoms with Crippen LogP contribution in [0, 0.1) is 0 Å². The van der Waals surface area contributed by atoms with Crippen molar-refractivity contribution in [1.29, 1.82) is 0 Å². The Hall–Kier alpha value is -6.70. The van der Waals surface area contributed by atoms with Gasteiger partial charge >= 0.3 is 0 Å². The van der Waals surface area contributed by atoms with Crippen LogP contribution in [0.25, 0.3) is 99.1 Å². The van der Waals surface area contributed by atoms with Crippen molar-refractivity contribution in [3.8, 4) is 55.6 Å². The van der Waals surface area contributed by atoms with Gasteiger partial charge in [0, 0.05) is 10.8 Å². The van der Waals surface area contributed by atoms with E-state index in [-0.39, 0.29) is 29.7 Å². The maximum atomic E-state index is 8.55. The average Bonchev–Trinajstić information content (AvgIpc) is 3.63. The van der Waals surface area contributed by atoms with Crippen LogP contribution >= 0.6 is 0 Å². The molecule has 0 aliphatic carbocycles. The Morgan fingerprint density at radius 2 is 0.843 bits per heavy atom. The van der Waals surface area contributed by atoms with Crippen LogP contribution in [0.5, 0.6) is 0 Å². The zero-order chi connectivity index (χ0) is 38.1. The molecule has 0 amide bonds. The van der Waals surface area contributed by atoms with Gasteiger partial charge in [-0.05, 0) is 95.4 Å². The molecule has 0 fully saturated rings. The summed E-state index contributed by atoms with van der Waals surface area (Å²) >= 11 is 0. The molecule has 10 aromatic rings. The second-order valence-electron chi connectivity index (χ2n) is 12.9. The summed E-state index contributed by atoms with van der Waals surface area (Å²) in [6.45, 7) is 0. The first-order valence-corrected chi connectivity index (χ1v) is 17.1. The van der Waals surface area contributed by atoms with Gasteiger partial charge in [0.25, 0.3) is 0 Å². The van der Waals surface area contributed by atoms with Crippen LogP contribution in [0.3, 0.4) is 0 Å². The van der Waals surface area contributed by atoms with E-state index in [2.05, 4.69) is 127 Å². The van der Waals surface area contributed by atoms with E-state index in [4.69, 9.17) is 11.3 Å². The molecule has 0 saturated heterocycles. The van der Waals surface area contributed by atoms with Crippen molar-refractivity contribution in [1.82, 2.24) is 0 Å². The summed E-state index contributed by atoms with van der Waals surface area (Å²) in [6.07, 6.45) is 0. The molecule has 10 rings (SSSR count). The minimum atomic E-state index is -0.411. The monoisotopic (exact) mass is 653 g/mol. The standard InChI is InChI=1S/C50H32O/c1-3-12-33(13-4-1)35-22-24-36(25-23-35)37-26-28-38(29-27-37)48-40-16-7-9-18-42(40)49(43-19-10-8-17-41(43)48)45-20-11-21-46-50(45)44-31-30-39(32-47(44)51-46)34-14-5-2-6-15-34/h1-32H/i2D,5D,6D,14D,15D. The molecule has 9 aromatic carbocycles. The number of benzene rings is 9. The van der Waals surface area contributed by atoms with Crippen LogP contribution in [0.1, 0.15) is 6.85 Å². The van der Waals surface area contributed by atoms with Gasteiger partial charge in [-0.25, -0.2) is 0 Å². The lowest BCUT2D eigenvalue weighted by atomic mass is 9.84. The molecule has 0 radical (unpaired) electrons. The lowest BCUT2D eigenvalue weighted by molar-refractivity contribution is 0.669. The number of hydrogen-bond acceptors (Lipinski definition) is 1. The van der Waals surface area contributed by atoms with E-state index in [9.17, 15) is 0 Å². The number of fused-ring (bicyclic) bond motifs is 5. The van der Waals surface area contributed by atoms with Gasteiger partial charge < -0.3 is 4.42 Å². The molecule has 0 atom stereocenters. The molecule has 0 bridgehead atoms. The molecule has 1 heteroatoms. The summed E-state index contributed by atoms with van der Waals surface area (Å²) in [7, 11) is 0. The smallest absolute Gasteiger partial charge is 0.136 e. The van der Waals surface area contributed by atoms with Crippen molar-refractivity contribution in [2.45, 2.75) is 0 Å². The number of rotatable bonds is 5. The molecule has 0 spiro atoms. The third-order valence-electron chi connectivity index (χ3n) is 9.99. The fourth-order valence-corrected chi connectivity index (χ4v) is 7.63. The minimum Gasteiger partial charge on any atom is -0.456 e. The Morgan fingerprint density at radius 1 is 0.333 bits per heavy atom. The van der Waals surface area contributed by atoms with Crippen molar-refractivity contribution in [2.75, 3.05) is 0 Å². The van der Waals surface area contributed by atoms with Crippen LogP contribution < -0.4 is 0 Å². The second kappa shape index (κ2) is 12.0. The highest BCUT2D eigenvalue weighted by Gasteiger charge is 2.20. The van der Waals surface area contributed by atoms with E-state index in [1.165, 1.54) is 22.3 Å². The van der Waals surface area contributed by atoms with Crippen LogP contribution in [-0.2, 0) is 0 Å². The van der Waals surface area contributed by atoms with E-state index in [1.807, 2.05) is 30.3 Å². The maximum absolute atomic E-state index is 8.55. The highest BCUT2D eigenvalue weighted by Crippen LogP contribution is 2.47. The summed E-state index contributed by atoms with van der Waals surface area (Å²) < 4.78 is 48.0. The molecular weight excluding hydrogens is 617 g/mol. The Kier molecular flexibility index (Phi) is 5.76. The summed E-state index contributed by atoms with van der Waals surface area (Å²) in [6, 6.07) is 55.3. The maximum Gasteiger partial charge on any atom is 0.136 e. The van der Waals surface area contributed by atoms with Gasteiger partial charge in [-0.3, -0.25) is 0 Å². The Labute approximate surface area is 303 Å². The van der Waals surface area contributed by atoms with Crippen LogP contribution in [-0.4, -0.2) is 0 Å². The first-order chi connectivity index (χ1) is 27.4. The summed E-state index contributed by atoms with van der Waals surface area (Å²) in [5, 5.41) is 6.39. The van der Waals surface area contributed by atoms with Gasteiger partial charge in [-0.1, -0.05) is 176 Å². The van der Waals surface area contributed by atoms with Gasteiger partial charge in [-0.2, -0.15) is 0 Å². The topological polar surface area (TPSA) is 13.1 Å². The minimum absolute atomic E-state index is 0.153. The van der Waals surface area contributed by atoms with Crippen LogP contribution in [0.15, 0.2) is 198 Å². The van der Waals surface area contributed by atoms with Gasteiger partial charge in [0.15, 0.2) is 0 Å². The highest BCUT2D eigenvalue weighted by molar-refractivity contribution is 6.25. The fraction of sp³-hybridized carbons (Fsp3) is 0. The zero-order valence-electron chi connectivity index (χ0n) is 32.5. The van der Waals surface area contributed by atoms with Crippen molar-refractivity contribution in [2.24, 2.45) is 0 Å². The van der Waals surface area contributed by atoms with Crippen molar-refractivity contribution in [3.63, 3.8) is 0 Å². The van der Waals surface area contributed by atoms with E-state index >= 15 is 0 Å². The van der Waals surface area contributed by atoms with E-state index in [0.29, 0.717) is 16.7 Å². The SMILES string of the molecule is [2H]c1c([2H])c([2H])c(-c2ccc3c(c2)oc2cccc(-c4c5ccccc5c(-c5ccc(-c6ccc(-c7ccccc7)cc6)cc5)c5ccccc45)c23)c([2H])c1[2H]. The summed E-state index contributed by atoms with van der Waals surface area (Å²) in [4.78, 5) is 0. The lowest BCUT2D eigenvalue weighted by Crippen LogP contribution is -1.91. The number of furan rings is 1. The van der Waals surface area contributed by atoms with Crippen LogP contribution in [0.2, 0.25) is 0 Å². The molecule has 51 heavy (non-hydrogen) atoms. The highest BCUT2D eigenvalue weighted by atomic mass is 16.3. The van der Waals surface area contributed by atoms with E-state index in [0.717, 1.165) is 54.6 Å². The fourth-order valence-electron chi connectivity index (χ4n) is 7.63. The molecule has 0 saturated carbocycles. The van der Waals surface area contributed by atoms with E-state index in [1.54, 1.807) is 6.07 Å². The summed E-state index contributed by atoms with van der Waals surface area (Å²) in [5.41, 5.74) is 11.1. The third-order valence-corrected chi connectivity index (χ3v) is 9.99. The van der Waals surface area contributed by atoms with Gasteiger partial charge in [-0.15, -0.1) is 0 Å². The zero-order valence-corrected chi connectivity index (χ0v) is 27.5. The molecule has 0 N–H and O–H groups in total. The van der Waals surface area contributed by atoms with Crippen molar-refractivity contribution < 1.29 is 11.3 Å². The molecule has 1 nitrogen and oxygen atoms in total. The second-order valence-corrected chi connectivity index (χ2v) is 12.9. The average molecular weight is 654 g/mol. The Balaban J connectivity index is 1.12. The van der Waals surface area contributed by atoms with Crippen molar-refractivity contribution in [3.05, 3.63) is 194 Å². The third kappa shape index (κ3) is 4.94. The van der Waals surface area contributed by atoms with Gasteiger partial charge in [0.05, 0.1) is 6.85 Å². The van der Waals surface area contributed by atoms with E-state index < -0.39 is 6.04 Å². The summed E-state index contributed by atoms with van der Waals surface area (Å²) in [5.74, 6) is 0. The predicted molar refractivity (Wildman–Crippen MR) is 216 cm³/mol. The first-order valence-electron chi connectivity index (χ1n) is 19.6. The van der Waals surface area contributed by atoms with Crippen molar-refractivity contribution >= 4 is 43.5 Å². The Bertz CT molecular complexity index is 3080. The molecule has 0 aliphatic rings. The quantitative estimate of drug-likeness (QED) is 0.169. The lowest BCUT2D eigenvalue weighted by Gasteiger charge is -2.18. The molecule has 1 aromatic heterocycles. The normalized spacial score (nSPS) is 12.9. The molecule has 0 unspecified atom stereocenters. The Morgan fingerprint density at radius 3 is 1.45 bits per heavy atom. The molecular formula is C50H32O. The molecule has 1 heterocycles. The molecule has 0 aliphatic heterocycles. The largest absolute Gasteiger partial charge is 0.456 e. The molecule has 238 valence electrons. The predicted octanol–water partition coefficient (Wildman–Crippen LogP) is 14.2. The number of hydrogen-bond donors (Lipinski definition) is 0. The van der Waals surface area contributed by atoms with Gasteiger partial charge in [0.2, 0.25) is 0 Å². The first kappa shape index (κ1) is 24.4. The van der Waals surface area contributed by atoms with Crippen LogP contribution in [0.4, 0.5) is 0 Å². The van der Waals surface area contributed by atoms with Gasteiger partial charge in [0.1, 0.15) is 11.2 Å².